The van der Waals surface area contributed by atoms with Gasteiger partial charge in [0, 0.05) is 0 Å². The fraction of sp³-hybridized carbons (Fsp3) is 0.0714. The predicted octanol–water partition coefficient (Wildman–Crippen LogP) is 2.83. The van der Waals surface area contributed by atoms with E-state index in [9.17, 15) is 13.4 Å². The molecular formula is C14H11FO3S. The minimum atomic E-state index is -1.54. The van der Waals surface area contributed by atoms with Crippen molar-refractivity contribution >= 4 is 16.8 Å². The highest BCUT2D eigenvalue weighted by atomic mass is 32.2. The Morgan fingerprint density at radius 1 is 1.16 bits per heavy atom. The van der Waals surface area contributed by atoms with E-state index >= 15 is 0 Å². The zero-order valence-corrected chi connectivity index (χ0v) is 10.7. The summed E-state index contributed by atoms with van der Waals surface area (Å²) in [6.07, 6.45) is 0. The zero-order valence-electron chi connectivity index (χ0n) is 9.88. The van der Waals surface area contributed by atoms with Gasteiger partial charge < -0.3 is 5.11 Å². The lowest BCUT2D eigenvalue weighted by Gasteiger charge is -2.04. The van der Waals surface area contributed by atoms with Gasteiger partial charge in [0.25, 0.3) is 0 Å². The van der Waals surface area contributed by atoms with Gasteiger partial charge in [0.15, 0.2) is 0 Å². The molecule has 0 fully saturated rings. The molecule has 0 spiro atoms. The number of carbonyl (C=O) groups is 1. The summed E-state index contributed by atoms with van der Waals surface area (Å²) in [6.45, 7) is 0. The molecule has 1 N–H and O–H groups in total. The summed E-state index contributed by atoms with van der Waals surface area (Å²) in [7, 11) is -1.54. The Balaban J connectivity index is 2.22. The van der Waals surface area contributed by atoms with Crippen LogP contribution in [0.15, 0.2) is 53.4 Å². The van der Waals surface area contributed by atoms with Gasteiger partial charge in [-0.05, 0) is 29.8 Å². The van der Waals surface area contributed by atoms with Gasteiger partial charge in [0.1, 0.15) is 5.82 Å². The normalized spacial score (nSPS) is 12.1. The predicted molar refractivity (Wildman–Crippen MR) is 69.9 cm³/mol. The quantitative estimate of drug-likeness (QED) is 0.935. The summed E-state index contributed by atoms with van der Waals surface area (Å²) in [6, 6.07) is 12.0. The van der Waals surface area contributed by atoms with Crippen molar-refractivity contribution in [2.45, 2.75) is 10.6 Å². The molecule has 98 valence electrons. The maximum absolute atomic E-state index is 13.5. The molecular weight excluding hydrogens is 267 g/mol. The Hall–Kier alpha value is -2.01. The average Bonchev–Trinajstić information content (AvgIpc) is 2.39. The number of hydrogen-bond donors (Lipinski definition) is 1. The fourth-order valence-electron chi connectivity index (χ4n) is 1.65. The van der Waals surface area contributed by atoms with Crippen molar-refractivity contribution < 1.29 is 18.5 Å². The third-order valence-electron chi connectivity index (χ3n) is 2.55. The first-order chi connectivity index (χ1) is 9.08. The van der Waals surface area contributed by atoms with Crippen LogP contribution in [-0.4, -0.2) is 15.3 Å². The second kappa shape index (κ2) is 5.75. The monoisotopic (exact) mass is 278 g/mol. The van der Waals surface area contributed by atoms with Crippen LogP contribution < -0.4 is 0 Å². The Labute approximate surface area is 112 Å². The van der Waals surface area contributed by atoms with Gasteiger partial charge in [-0.3, -0.25) is 4.21 Å². The number of rotatable bonds is 4. The van der Waals surface area contributed by atoms with E-state index in [4.69, 9.17) is 5.11 Å². The third-order valence-corrected chi connectivity index (χ3v) is 3.97. The molecule has 0 saturated heterocycles. The Kier molecular flexibility index (Phi) is 4.06. The molecule has 0 aliphatic rings. The first-order valence-corrected chi connectivity index (χ1v) is 6.85. The average molecular weight is 278 g/mol. The van der Waals surface area contributed by atoms with Crippen molar-refractivity contribution in [2.24, 2.45) is 0 Å². The van der Waals surface area contributed by atoms with Crippen LogP contribution >= 0.6 is 0 Å². The lowest BCUT2D eigenvalue weighted by molar-refractivity contribution is 0.0696. The first kappa shape index (κ1) is 13.4. The van der Waals surface area contributed by atoms with Gasteiger partial charge >= 0.3 is 5.97 Å². The van der Waals surface area contributed by atoms with Gasteiger partial charge in [-0.25, -0.2) is 9.18 Å². The number of carboxylic acids is 1. The number of hydrogen-bond acceptors (Lipinski definition) is 2. The van der Waals surface area contributed by atoms with E-state index in [1.807, 2.05) is 0 Å². The number of benzene rings is 2. The van der Waals surface area contributed by atoms with Gasteiger partial charge in [-0.15, -0.1) is 0 Å². The lowest BCUT2D eigenvalue weighted by Crippen LogP contribution is -2.01. The van der Waals surface area contributed by atoms with Gasteiger partial charge in [0.05, 0.1) is 27.0 Å². The van der Waals surface area contributed by atoms with Crippen molar-refractivity contribution in [3.05, 3.63) is 65.5 Å². The molecule has 2 aromatic carbocycles. The van der Waals surface area contributed by atoms with Crippen molar-refractivity contribution in [1.82, 2.24) is 0 Å². The fourth-order valence-corrected chi connectivity index (χ4v) is 2.81. The molecule has 0 aromatic heterocycles. The minimum absolute atomic E-state index is 0.0854. The molecule has 0 radical (unpaired) electrons. The molecule has 5 heteroatoms. The zero-order chi connectivity index (χ0) is 13.8. The molecule has 1 atom stereocenters. The van der Waals surface area contributed by atoms with E-state index in [0.29, 0.717) is 5.56 Å². The smallest absolute Gasteiger partial charge is 0.335 e. The van der Waals surface area contributed by atoms with Crippen molar-refractivity contribution in [1.29, 1.82) is 0 Å². The van der Waals surface area contributed by atoms with E-state index in [1.165, 1.54) is 30.3 Å². The molecule has 19 heavy (non-hydrogen) atoms. The van der Waals surface area contributed by atoms with Crippen LogP contribution in [0.2, 0.25) is 0 Å². The number of halogens is 1. The van der Waals surface area contributed by atoms with Crippen LogP contribution in [0.4, 0.5) is 4.39 Å². The van der Waals surface area contributed by atoms with Crippen LogP contribution in [0.25, 0.3) is 0 Å². The number of carboxylic acid groups (broad SMARTS) is 1. The van der Waals surface area contributed by atoms with Crippen LogP contribution in [0.1, 0.15) is 15.9 Å². The molecule has 3 nitrogen and oxygen atoms in total. The van der Waals surface area contributed by atoms with Crippen LogP contribution in [0, 0.1) is 5.82 Å². The summed E-state index contributed by atoms with van der Waals surface area (Å²) in [5, 5.41) is 8.87. The topological polar surface area (TPSA) is 54.4 Å². The third kappa shape index (κ3) is 3.26. The van der Waals surface area contributed by atoms with Crippen LogP contribution in [0.5, 0.6) is 0 Å². The van der Waals surface area contributed by atoms with Gasteiger partial charge in [-0.2, -0.15) is 0 Å². The van der Waals surface area contributed by atoms with Crippen LogP contribution in [-0.2, 0) is 16.6 Å². The molecule has 1 unspecified atom stereocenters. The van der Waals surface area contributed by atoms with Crippen molar-refractivity contribution in [3.8, 4) is 0 Å². The molecule has 0 aliphatic carbocycles. The molecule has 2 rings (SSSR count). The summed E-state index contributed by atoms with van der Waals surface area (Å²) in [4.78, 5) is 11.0. The van der Waals surface area contributed by atoms with E-state index in [-0.39, 0.29) is 16.2 Å². The Bertz CT molecular complexity index is 640. The summed E-state index contributed by atoms with van der Waals surface area (Å²) in [5.74, 6) is -1.48. The SMILES string of the molecule is O=C(O)c1cccc(CS(=O)c2ccccc2F)c1. The molecule has 0 heterocycles. The maximum atomic E-state index is 13.5. The number of aromatic carboxylic acids is 1. The first-order valence-electron chi connectivity index (χ1n) is 5.53. The van der Waals surface area contributed by atoms with E-state index in [0.717, 1.165) is 0 Å². The molecule has 2 aromatic rings. The van der Waals surface area contributed by atoms with Crippen LogP contribution in [0.3, 0.4) is 0 Å². The maximum Gasteiger partial charge on any atom is 0.335 e. The highest BCUT2D eigenvalue weighted by molar-refractivity contribution is 7.84. The molecule has 0 saturated carbocycles. The minimum Gasteiger partial charge on any atom is -0.478 e. The highest BCUT2D eigenvalue weighted by Gasteiger charge is 2.11. The lowest BCUT2D eigenvalue weighted by atomic mass is 10.1. The van der Waals surface area contributed by atoms with Crippen molar-refractivity contribution in [2.75, 3.05) is 0 Å². The largest absolute Gasteiger partial charge is 0.478 e. The molecule has 0 amide bonds. The Morgan fingerprint density at radius 2 is 1.89 bits per heavy atom. The second-order valence-corrected chi connectivity index (χ2v) is 5.35. The van der Waals surface area contributed by atoms with E-state index in [1.54, 1.807) is 18.2 Å². The van der Waals surface area contributed by atoms with E-state index in [2.05, 4.69) is 0 Å². The Morgan fingerprint density at radius 3 is 2.58 bits per heavy atom. The van der Waals surface area contributed by atoms with Gasteiger partial charge in [-0.1, -0.05) is 24.3 Å². The second-order valence-electron chi connectivity index (χ2n) is 3.93. The molecule has 0 aliphatic heterocycles. The van der Waals surface area contributed by atoms with Crippen molar-refractivity contribution in [3.63, 3.8) is 0 Å². The summed E-state index contributed by atoms with van der Waals surface area (Å²) in [5.41, 5.74) is 0.726. The molecule has 0 bridgehead atoms. The highest BCUT2D eigenvalue weighted by Crippen LogP contribution is 2.16. The van der Waals surface area contributed by atoms with E-state index < -0.39 is 22.6 Å². The van der Waals surface area contributed by atoms with Gasteiger partial charge in [0.2, 0.25) is 0 Å². The summed E-state index contributed by atoms with van der Waals surface area (Å²) >= 11 is 0. The summed E-state index contributed by atoms with van der Waals surface area (Å²) < 4.78 is 25.5. The standard InChI is InChI=1S/C14H11FO3S/c15-12-6-1-2-7-13(12)19(18)9-10-4-3-5-11(8-10)14(16)17/h1-8H,9H2,(H,16,17).